The Morgan fingerprint density at radius 2 is 1.31 bits per heavy atom. The summed E-state index contributed by atoms with van der Waals surface area (Å²) in [6, 6.07) is 3.41. The molecule has 0 saturated heterocycles. The topological polar surface area (TPSA) is 354 Å². The molecule has 0 aliphatic carbocycles. The minimum atomic E-state index is -0.935. The van der Waals surface area contributed by atoms with E-state index in [0.29, 0.717) is 73.5 Å². The molecule has 9 N–H and O–H groups in total. The highest BCUT2D eigenvalue weighted by molar-refractivity contribution is 6.05. The molecule has 6 rings (SSSR count). The zero-order valence-electron chi connectivity index (χ0n) is 40.0. The quantitative estimate of drug-likeness (QED) is 0.0245. The molecule has 5 heterocycles. The standard InChI is InChI=1S/C46H57N13O12/c1-6-30-37(70-26(4)52-30)42(63)56-45-54-32-21-28(39(48)61)23-34(68-15-10-16-69-44(65)25(3)51-35(60)11-17-66-19-20-67-18-12-47)36(32)58(45)13-8-9-14-59-41-33(22-29(24-50-41)40(49)62)55-46(59)57-43(64)38-31(7-2)53-27(5)71-38/h8-9,21-25H,6-7,10-20,47H2,1-5H3,(H2,48,61)(H2,49,62)(H,51,60)(H,54,56,63)(H,55,57,64)/b9-8+/t25-/m0/s1. The van der Waals surface area contributed by atoms with E-state index in [1.165, 1.54) is 31.3 Å². The molecular weight excluding hydrogens is 927 g/mol. The smallest absolute Gasteiger partial charge is 0.328 e. The van der Waals surface area contributed by atoms with Gasteiger partial charge in [0, 0.05) is 58.1 Å². The van der Waals surface area contributed by atoms with E-state index < -0.39 is 41.5 Å². The fourth-order valence-electron chi connectivity index (χ4n) is 7.10. The summed E-state index contributed by atoms with van der Waals surface area (Å²) in [5.41, 5.74) is 18.9. The monoisotopic (exact) mass is 983 g/mol. The molecule has 378 valence electrons. The number of nitrogens with zero attached hydrogens (tertiary/aromatic N) is 7. The third-order valence-corrected chi connectivity index (χ3v) is 10.5. The number of carbonyl (C=O) groups excluding carboxylic acids is 6. The van der Waals surface area contributed by atoms with Crippen LogP contribution in [-0.4, -0.2) is 122 Å². The van der Waals surface area contributed by atoms with E-state index in [2.05, 4.69) is 40.9 Å². The highest BCUT2D eigenvalue weighted by Gasteiger charge is 2.25. The van der Waals surface area contributed by atoms with E-state index >= 15 is 0 Å². The molecule has 0 aliphatic rings. The number of rotatable bonds is 27. The van der Waals surface area contributed by atoms with Crippen LogP contribution in [0.15, 0.2) is 45.4 Å². The lowest BCUT2D eigenvalue weighted by Gasteiger charge is -2.14. The number of amides is 5. The van der Waals surface area contributed by atoms with Gasteiger partial charge in [0.1, 0.15) is 22.8 Å². The van der Waals surface area contributed by atoms with Gasteiger partial charge in [-0.15, -0.1) is 0 Å². The van der Waals surface area contributed by atoms with Gasteiger partial charge in [-0.25, -0.2) is 29.7 Å². The highest BCUT2D eigenvalue weighted by Crippen LogP contribution is 2.32. The molecule has 25 heteroatoms. The number of benzene rings is 1. The Balaban J connectivity index is 1.22. The van der Waals surface area contributed by atoms with Crippen LogP contribution in [0, 0.1) is 13.8 Å². The Kier molecular flexibility index (Phi) is 18.1. The number of pyridine rings is 1. The number of carbonyl (C=O) groups is 6. The second-order valence-corrected chi connectivity index (χ2v) is 15.8. The van der Waals surface area contributed by atoms with Crippen LogP contribution in [0.25, 0.3) is 22.2 Å². The molecule has 25 nitrogen and oxygen atoms in total. The summed E-state index contributed by atoms with van der Waals surface area (Å²) in [5.74, 6) is -2.87. The van der Waals surface area contributed by atoms with Crippen molar-refractivity contribution >= 4 is 69.6 Å². The Morgan fingerprint density at radius 3 is 1.92 bits per heavy atom. The SMILES string of the molecule is CCc1nc(C)oc1C(=O)Nc1nc2cc(C(N)=O)cnc2n1C/C=C/Cn1c(NC(=O)c2oc(C)nc2CC)nc2cc(C(N)=O)cc(OCCCOC(=O)[C@H](C)NC(=O)CCOCCOCCN)c21. The van der Waals surface area contributed by atoms with E-state index in [9.17, 15) is 28.8 Å². The van der Waals surface area contributed by atoms with Gasteiger partial charge in [-0.2, -0.15) is 0 Å². The third-order valence-electron chi connectivity index (χ3n) is 10.5. The zero-order chi connectivity index (χ0) is 51.2. The van der Waals surface area contributed by atoms with Crippen molar-refractivity contribution in [2.75, 3.05) is 56.8 Å². The summed E-state index contributed by atoms with van der Waals surface area (Å²) in [6.07, 6.45) is 5.86. The number of allylic oxidation sites excluding steroid dienone is 2. The molecule has 71 heavy (non-hydrogen) atoms. The first-order chi connectivity index (χ1) is 34.1. The van der Waals surface area contributed by atoms with E-state index in [4.69, 9.17) is 45.0 Å². The summed E-state index contributed by atoms with van der Waals surface area (Å²) >= 11 is 0. The van der Waals surface area contributed by atoms with Gasteiger partial charge >= 0.3 is 5.97 Å². The van der Waals surface area contributed by atoms with Gasteiger partial charge in [0.05, 0.1) is 62.1 Å². The first-order valence-electron chi connectivity index (χ1n) is 22.8. The van der Waals surface area contributed by atoms with Crippen molar-refractivity contribution in [3.05, 3.63) is 82.4 Å². The molecular formula is C46H57N13O12. The predicted molar refractivity (Wildman–Crippen MR) is 255 cm³/mol. The van der Waals surface area contributed by atoms with E-state index in [-0.39, 0.29) is 97.1 Å². The molecule has 0 bridgehead atoms. The number of oxazole rings is 2. The Bertz CT molecular complexity index is 2930. The second-order valence-electron chi connectivity index (χ2n) is 15.8. The lowest BCUT2D eigenvalue weighted by molar-refractivity contribution is -0.147. The average Bonchev–Trinajstić information content (AvgIpc) is 4.11. The number of anilines is 2. The number of ether oxygens (including phenoxy) is 4. The van der Waals surface area contributed by atoms with E-state index in [1.54, 1.807) is 35.1 Å². The van der Waals surface area contributed by atoms with Gasteiger partial charge in [0.15, 0.2) is 17.4 Å². The molecule has 0 fully saturated rings. The number of imidazole rings is 2. The molecule has 5 aromatic heterocycles. The van der Waals surface area contributed by atoms with Crippen LogP contribution in [0.2, 0.25) is 0 Å². The fourth-order valence-corrected chi connectivity index (χ4v) is 7.10. The van der Waals surface area contributed by atoms with Crippen molar-refractivity contribution in [2.45, 2.75) is 79.4 Å². The Labute approximate surface area is 406 Å². The summed E-state index contributed by atoms with van der Waals surface area (Å²) < 4.78 is 36.7. The summed E-state index contributed by atoms with van der Waals surface area (Å²) in [4.78, 5) is 99.2. The van der Waals surface area contributed by atoms with E-state index in [1.807, 2.05) is 13.8 Å². The van der Waals surface area contributed by atoms with Crippen molar-refractivity contribution in [1.29, 1.82) is 0 Å². The Morgan fingerprint density at radius 1 is 0.732 bits per heavy atom. The zero-order valence-corrected chi connectivity index (χ0v) is 40.0. The second kappa shape index (κ2) is 24.5. The molecule has 5 amide bonds. The third kappa shape index (κ3) is 13.4. The number of nitrogens with two attached hydrogens (primary N) is 3. The van der Waals surface area contributed by atoms with Crippen LogP contribution in [0.3, 0.4) is 0 Å². The summed E-state index contributed by atoms with van der Waals surface area (Å²) in [6.45, 7) is 10.0. The van der Waals surface area contributed by atoms with Crippen molar-refractivity contribution in [1.82, 2.24) is 39.4 Å². The Hall–Kier alpha value is -8.03. The number of hydrogen-bond acceptors (Lipinski definition) is 18. The normalized spacial score (nSPS) is 11.9. The number of fused-ring (bicyclic) bond motifs is 2. The highest BCUT2D eigenvalue weighted by atomic mass is 16.5. The first-order valence-corrected chi connectivity index (χ1v) is 22.8. The van der Waals surface area contributed by atoms with Gasteiger partial charge in [-0.3, -0.25) is 39.2 Å². The number of hydrogen-bond donors (Lipinski definition) is 6. The molecule has 0 radical (unpaired) electrons. The molecule has 0 saturated carbocycles. The lowest BCUT2D eigenvalue weighted by Crippen LogP contribution is -2.40. The molecule has 0 aliphatic heterocycles. The van der Waals surface area contributed by atoms with Crippen LogP contribution >= 0.6 is 0 Å². The van der Waals surface area contributed by atoms with Crippen LogP contribution < -0.4 is 37.9 Å². The van der Waals surface area contributed by atoms with Gasteiger partial charge in [-0.1, -0.05) is 26.0 Å². The number of nitrogens with one attached hydrogen (secondary N) is 3. The molecule has 1 atom stereocenters. The molecule has 6 aromatic rings. The van der Waals surface area contributed by atoms with Crippen LogP contribution in [-0.2, 0) is 49.7 Å². The lowest BCUT2D eigenvalue weighted by atomic mass is 10.1. The fraction of sp³-hybridized carbons (Fsp3) is 0.413. The summed E-state index contributed by atoms with van der Waals surface area (Å²) in [7, 11) is 0. The van der Waals surface area contributed by atoms with Crippen molar-refractivity contribution in [2.24, 2.45) is 17.2 Å². The number of aryl methyl sites for hydroxylation is 4. The van der Waals surface area contributed by atoms with Crippen molar-refractivity contribution in [3.8, 4) is 5.75 Å². The minimum Gasteiger partial charge on any atom is -0.491 e. The van der Waals surface area contributed by atoms with Crippen LogP contribution in [0.1, 0.15) is 98.6 Å². The number of primary amides is 2. The maximum absolute atomic E-state index is 13.8. The van der Waals surface area contributed by atoms with Gasteiger partial charge in [0.25, 0.3) is 11.8 Å². The van der Waals surface area contributed by atoms with Crippen molar-refractivity contribution in [3.63, 3.8) is 0 Å². The summed E-state index contributed by atoms with van der Waals surface area (Å²) in [5, 5.41) is 8.17. The molecule has 0 spiro atoms. The van der Waals surface area contributed by atoms with Gasteiger partial charge < -0.3 is 54.9 Å². The van der Waals surface area contributed by atoms with Gasteiger partial charge in [-0.05, 0) is 38.0 Å². The minimum absolute atomic E-state index is 0.00811. The maximum atomic E-state index is 13.8. The molecule has 0 unspecified atom stereocenters. The van der Waals surface area contributed by atoms with Crippen molar-refractivity contribution < 1.29 is 56.5 Å². The number of aromatic nitrogens is 7. The maximum Gasteiger partial charge on any atom is 0.328 e. The largest absolute Gasteiger partial charge is 0.491 e. The van der Waals surface area contributed by atoms with Crippen LogP contribution in [0.4, 0.5) is 11.9 Å². The molecule has 1 aromatic carbocycles. The number of esters is 1. The first kappa shape index (κ1) is 52.3. The van der Waals surface area contributed by atoms with E-state index in [0.717, 1.165) is 0 Å². The predicted octanol–water partition coefficient (Wildman–Crippen LogP) is 2.66. The average molecular weight is 984 g/mol. The van der Waals surface area contributed by atoms with Gasteiger partial charge in [0.2, 0.25) is 41.1 Å². The van der Waals surface area contributed by atoms with Crippen LogP contribution in [0.5, 0.6) is 5.75 Å².